The molecule has 0 atom stereocenters. The van der Waals surface area contributed by atoms with Gasteiger partial charge < -0.3 is 10.6 Å². The van der Waals surface area contributed by atoms with Crippen molar-refractivity contribution in [3.8, 4) is 6.07 Å². The molecule has 6 heteroatoms. The van der Waals surface area contributed by atoms with E-state index in [-0.39, 0.29) is 5.91 Å². The molecule has 0 radical (unpaired) electrons. The van der Waals surface area contributed by atoms with Crippen LogP contribution in [0.3, 0.4) is 0 Å². The topological polar surface area (TPSA) is 90.7 Å². The van der Waals surface area contributed by atoms with Crippen LogP contribution in [0.15, 0.2) is 36.5 Å². The Bertz CT molecular complexity index is 708. The van der Waals surface area contributed by atoms with Crippen molar-refractivity contribution in [2.24, 2.45) is 0 Å². The molecule has 1 amide bonds. The van der Waals surface area contributed by atoms with Crippen LogP contribution in [0.25, 0.3) is 0 Å². The molecule has 2 N–H and O–H groups in total. The van der Waals surface area contributed by atoms with Crippen molar-refractivity contribution in [1.29, 1.82) is 5.26 Å². The second-order valence-electron chi connectivity index (χ2n) is 5.05. The van der Waals surface area contributed by atoms with Gasteiger partial charge in [-0.1, -0.05) is 25.8 Å². The Balaban J connectivity index is 2.01. The third kappa shape index (κ3) is 5.08. The summed E-state index contributed by atoms with van der Waals surface area (Å²) >= 11 is 0. The van der Waals surface area contributed by atoms with Gasteiger partial charge in [0.2, 0.25) is 5.95 Å². The lowest BCUT2D eigenvalue weighted by Gasteiger charge is -2.07. The number of rotatable bonds is 7. The number of anilines is 2. The number of nitrogens with one attached hydrogen (secondary N) is 2. The first kappa shape index (κ1) is 16.4. The molecule has 2 aromatic rings. The number of hydrogen-bond donors (Lipinski definition) is 2. The van der Waals surface area contributed by atoms with E-state index in [1.165, 1.54) is 6.20 Å². The first-order chi connectivity index (χ1) is 11.2. The summed E-state index contributed by atoms with van der Waals surface area (Å²) in [5, 5.41) is 14.7. The van der Waals surface area contributed by atoms with Crippen molar-refractivity contribution in [3.05, 3.63) is 47.8 Å². The second-order valence-corrected chi connectivity index (χ2v) is 5.05. The average molecular weight is 309 g/mol. The Morgan fingerprint density at radius 2 is 2.17 bits per heavy atom. The molecule has 0 saturated heterocycles. The van der Waals surface area contributed by atoms with Gasteiger partial charge in [-0.05, 0) is 30.7 Å². The average Bonchev–Trinajstić information content (AvgIpc) is 2.59. The second kappa shape index (κ2) is 8.49. The molecule has 0 bridgehead atoms. The van der Waals surface area contributed by atoms with Crippen LogP contribution in [0.1, 0.15) is 42.2 Å². The SMILES string of the molecule is CCCCCNC(=O)c1ccnc(Nc2cccc(C#N)c2)n1. The van der Waals surface area contributed by atoms with E-state index in [1.807, 2.05) is 6.07 Å². The molecule has 0 fully saturated rings. The zero-order valence-electron chi connectivity index (χ0n) is 13.0. The molecule has 2 rings (SSSR count). The molecule has 1 aromatic heterocycles. The van der Waals surface area contributed by atoms with Crippen LogP contribution < -0.4 is 10.6 Å². The fraction of sp³-hybridized carbons (Fsp3) is 0.294. The molecule has 1 aromatic carbocycles. The van der Waals surface area contributed by atoms with Crippen LogP contribution in [0.5, 0.6) is 0 Å². The lowest BCUT2D eigenvalue weighted by atomic mass is 10.2. The summed E-state index contributed by atoms with van der Waals surface area (Å²) in [7, 11) is 0. The third-order valence-electron chi connectivity index (χ3n) is 3.20. The molecule has 0 unspecified atom stereocenters. The maximum Gasteiger partial charge on any atom is 0.270 e. The molecule has 23 heavy (non-hydrogen) atoms. The highest BCUT2D eigenvalue weighted by Crippen LogP contribution is 2.14. The summed E-state index contributed by atoms with van der Waals surface area (Å²) in [6.45, 7) is 2.76. The van der Waals surface area contributed by atoms with Crippen molar-refractivity contribution in [2.45, 2.75) is 26.2 Å². The molecular weight excluding hydrogens is 290 g/mol. The molecule has 0 aliphatic rings. The molecule has 0 spiro atoms. The summed E-state index contributed by atoms with van der Waals surface area (Å²) in [5.74, 6) is 0.110. The van der Waals surface area contributed by atoms with Gasteiger partial charge in [0.05, 0.1) is 11.6 Å². The van der Waals surface area contributed by atoms with Crippen molar-refractivity contribution in [1.82, 2.24) is 15.3 Å². The van der Waals surface area contributed by atoms with Gasteiger partial charge in [-0.3, -0.25) is 4.79 Å². The summed E-state index contributed by atoms with van der Waals surface area (Å²) in [5.41, 5.74) is 1.56. The molecule has 1 heterocycles. The number of benzene rings is 1. The van der Waals surface area contributed by atoms with Gasteiger partial charge in [-0.25, -0.2) is 9.97 Å². The minimum Gasteiger partial charge on any atom is -0.351 e. The van der Waals surface area contributed by atoms with Crippen molar-refractivity contribution >= 4 is 17.5 Å². The highest BCUT2D eigenvalue weighted by atomic mass is 16.1. The lowest BCUT2D eigenvalue weighted by Crippen LogP contribution is -2.25. The first-order valence-corrected chi connectivity index (χ1v) is 7.61. The number of carbonyl (C=O) groups is 1. The van der Waals surface area contributed by atoms with Gasteiger partial charge in [-0.15, -0.1) is 0 Å². The lowest BCUT2D eigenvalue weighted by molar-refractivity contribution is 0.0948. The Morgan fingerprint density at radius 3 is 2.96 bits per heavy atom. The molecule has 0 aliphatic heterocycles. The van der Waals surface area contributed by atoms with Crippen LogP contribution >= 0.6 is 0 Å². The van der Waals surface area contributed by atoms with E-state index in [1.54, 1.807) is 24.3 Å². The van der Waals surface area contributed by atoms with E-state index in [0.29, 0.717) is 29.4 Å². The number of hydrogen-bond acceptors (Lipinski definition) is 5. The zero-order chi connectivity index (χ0) is 16.5. The summed E-state index contributed by atoms with van der Waals surface area (Å²) < 4.78 is 0. The maximum absolute atomic E-state index is 12.0. The van der Waals surface area contributed by atoms with E-state index in [9.17, 15) is 4.79 Å². The van der Waals surface area contributed by atoms with Gasteiger partial charge in [0.1, 0.15) is 5.69 Å². The van der Waals surface area contributed by atoms with Gasteiger partial charge in [0.25, 0.3) is 5.91 Å². The molecule has 0 saturated carbocycles. The fourth-order valence-electron chi connectivity index (χ4n) is 2.01. The van der Waals surface area contributed by atoms with Crippen LogP contribution in [-0.4, -0.2) is 22.4 Å². The van der Waals surface area contributed by atoms with Gasteiger partial charge in [0.15, 0.2) is 0 Å². The first-order valence-electron chi connectivity index (χ1n) is 7.61. The number of nitriles is 1. The Hall–Kier alpha value is -2.94. The number of aromatic nitrogens is 2. The van der Waals surface area contributed by atoms with Crippen LogP contribution in [0.4, 0.5) is 11.6 Å². The van der Waals surface area contributed by atoms with Crippen LogP contribution in [0.2, 0.25) is 0 Å². The summed E-state index contributed by atoms with van der Waals surface area (Å²) in [4.78, 5) is 20.3. The van der Waals surface area contributed by atoms with Gasteiger partial charge in [0, 0.05) is 18.4 Å². The maximum atomic E-state index is 12.0. The fourth-order valence-corrected chi connectivity index (χ4v) is 2.01. The summed E-state index contributed by atoms with van der Waals surface area (Å²) in [6.07, 6.45) is 4.69. The van der Waals surface area contributed by atoms with E-state index in [4.69, 9.17) is 5.26 Å². The number of carbonyl (C=O) groups excluding carboxylic acids is 1. The molecule has 6 nitrogen and oxygen atoms in total. The summed E-state index contributed by atoms with van der Waals surface area (Å²) in [6, 6.07) is 10.6. The number of nitrogens with zero attached hydrogens (tertiary/aromatic N) is 3. The predicted octanol–water partition coefficient (Wildman–Crippen LogP) is 3.01. The Morgan fingerprint density at radius 1 is 1.30 bits per heavy atom. The van der Waals surface area contributed by atoms with Crippen LogP contribution in [-0.2, 0) is 0 Å². The van der Waals surface area contributed by atoms with Crippen LogP contribution in [0, 0.1) is 11.3 Å². The van der Waals surface area contributed by atoms with E-state index < -0.39 is 0 Å². The van der Waals surface area contributed by atoms with Gasteiger partial charge in [-0.2, -0.15) is 5.26 Å². The molecule has 0 aliphatic carbocycles. The standard InChI is InChI=1S/C17H19N5O/c1-2-3-4-9-19-16(23)15-8-10-20-17(22-15)21-14-7-5-6-13(11-14)12-18/h5-8,10-11H,2-4,9H2,1H3,(H,19,23)(H,20,21,22). The Kier molecular flexibility index (Phi) is 6.07. The zero-order valence-corrected chi connectivity index (χ0v) is 13.0. The number of unbranched alkanes of at least 4 members (excludes halogenated alkanes) is 2. The van der Waals surface area contributed by atoms with Crippen molar-refractivity contribution in [2.75, 3.05) is 11.9 Å². The monoisotopic (exact) mass is 309 g/mol. The van der Waals surface area contributed by atoms with E-state index in [0.717, 1.165) is 19.3 Å². The van der Waals surface area contributed by atoms with E-state index in [2.05, 4.69) is 33.6 Å². The normalized spacial score (nSPS) is 9.91. The van der Waals surface area contributed by atoms with Gasteiger partial charge >= 0.3 is 0 Å². The smallest absolute Gasteiger partial charge is 0.270 e. The Labute approximate surface area is 135 Å². The minimum atomic E-state index is -0.211. The largest absolute Gasteiger partial charge is 0.351 e. The quantitative estimate of drug-likeness (QED) is 0.767. The third-order valence-corrected chi connectivity index (χ3v) is 3.20. The highest BCUT2D eigenvalue weighted by Gasteiger charge is 2.08. The molecular formula is C17H19N5O. The molecule has 118 valence electrons. The van der Waals surface area contributed by atoms with E-state index >= 15 is 0 Å². The van der Waals surface area contributed by atoms with Crippen molar-refractivity contribution < 1.29 is 4.79 Å². The highest BCUT2D eigenvalue weighted by molar-refractivity contribution is 5.92. The number of amides is 1. The van der Waals surface area contributed by atoms with Crippen molar-refractivity contribution in [3.63, 3.8) is 0 Å². The minimum absolute atomic E-state index is 0.211. The predicted molar refractivity (Wildman–Crippen MR) is 88.3 cm³/mol.